The van der Waals surface area contributed by atoms with E-state index in [0.29, 0.717) is 50.3 Å². The van der Waals surface area contributed by atoms with Crippen LogP contribution in [0.25, 0.3) is 54.9 Å². The first-order chi connectivity index (χ1) is 28.1. The van der Waals surface area contributed by atoms with Crippen molar-refractivity contribution in [2.75, 3.05) is 33.0 Å². The number of hydrogen-bond donors (Lipinski definition) is 0. The van der Waals surface area contributed by atoms with Crippen molar-refractivity contribution in [3.63, 3.8) is 0 Å². The van der Waals surface area contributed by atoms with Crippen LogP contribution in [0.3, 0.4) is 0 Å². The summed E-state index contributed by atoms with van der Waals surface area (Å²) in [5.41, 5.74) is 2.33. The first kappa shape index (κ1) is 42.0. The van der Waals surface area contributed by atoms with Gasteiger partial charge in [0.2, 0.25) is 5.89 Å². The molecule has 0 spiro atoms. The van der Waals surface area contributed by atoms with Gasteiger partial charge in [0.15, 0.2) is 34.3 Å². The highest BCUT2D eigenvalue weighted by Gasteiger charge is 2.24. The van der Waals surface area contributed by atoms with Gasteiger partial charge in [-0.15, -0.1) is 0 Å². The van der Waals surface area contributed by atoms with Gasteiger partial charge in [-0.05, 0) is 101 Å². The largest absolute Gasteiger partial charge is 0.490 e. The van der Waals surface area contributed by atoms with Gasteiger partial charge < -0.3 is 28.1 Å². The number of benzene rings is 5. The van der Waals surface area contributed by atoms with Gasteiger partial charge in [-0.2, -0.15) is 0 Å². The third kappa shape index (κ3) is 10.5. The molecular weight excluding hydrogens is 711 g/mol. The summed E-state index contributed by atoms with van der Waals surface area (Å²) in [6.45, 7) is 14.2. The third-order valence-electron chi connectivity index (χ3n) is 10.7. The van der Waals surface area contributed by atoms with E-state index < -0.39 is 0 Å². The highest BCUT2D eigenvalue weighted by molar-refractivity contribution is 6.32. The van der Waals surface area contributed by atoms with Crippen molar-refractivity contribution in [3.05, 3.63) is 60.7 Å². The molecule has 6 rings (SSSR count). The number of hydrogen-bond acceptors (Lipinski definition) is 7. The van der Waals surface area contributed by atoms with E-state index in [1.54, 1.807) is 0 Å². The lowest BCUT2D eigenvalue weighted by Crippen LogP contribution is -2.04. The lowest BCUT2D eigenvalue weighted by molar-refractivity contribution is 0.260. The number of rotatable bonds is 26. The predicted octanol–water partition coefficient (Wildman–Crippen LogP) is 14.8. The number of oxazole rings is 1. The van der Waals surface area contributed by atoms with Crippen LogP contribution >= 0.6 is 0 Å². The van der Waals surface area contributed by atoms with Gasteiger partial charge in [0.1, 0.15) is 5.52 Å². The zero-order valence-corrected chi connectivity index (χ0v) is 35.3. The molecule has 0 unspecified atom stereocenters. The second kappa shape index (κ2) is 21.8. The lowest BCUT2D eigenvalue weighted by Gasteiger charge is -2.20. The van der Waals surface area contributed by atoms with Crippen LogP contribution in [-0.4, -0.2) is 38.0 Å². The summed E-state index contributed by atoms with van der Waals surface area (Å²) in [5.74, 6) is 4.30. The molecule has 0 aliphatic rings. The highest BCUT2D eigenvalue weighted by Crippen LogP contribution is 2.48. The van der Waals surface area contributed by atoms with Crippen LogP contribution < -0.4 is 23.7 Å². The van der Waals surface area contributed by atoms with Crippen molar-refractivity contribution in [1.82, 2.24) is 4.98 Å². The summed E-state index contributed by atoms with van der Waals surface area (Å²) in [6.07, 6.45) is 16.1. The maximum atomic E-state index is 6.68. The summed E-state index contributed by atoms with van der Waals surface area (Å²) in [6, 6.07) is 21.0. The minimum Gasteiger partial charge on any atom is -0.490 e. The summed E-state index contributed by atoms with van der Waals surface area (Å²) < 4.78 is 39.6. The van der Waals surface area contributed by atoms with E-state index in [4.69, 9.17) is 33.1 Å². The molecule has 0 bridgehead atoms. The molecule has 6 aromatic rings. The van der Waals surface area contributed by atoms with Crippen LogP contribution in [0.2, 0.25) is 0 Å². The van der Waals surface area contributed by atoms with Crippen molar-refractivity contribution in [3.8, 4) is 40.2 Å². The minimum atomic E-state index is 0.562. The van der Waals surface area contributed by atoms with Gasteiger partial charge in [-0.3, -0.25) is 0 Å². The summed E-state index contributed by atoms with van der Waals surface area (Å²) >= 11 is 0. The molecule has 0 amide bonds. The molecule has 0 atom stereocenters. The maximum absolute atomic E-state index is 6.68. The number of ether oxygens (including phenoxy) is 5. The van der Waals surface area contributed by atoms with E-state index in [1.165, 1.54) is 0 Å². The SMILES string of the molecule is CCCCCOc1cc2c3cc(OCCCCC)c(OCCCCC)cc3c3c(cc(OCCCCC)c4oc(-c5ccccc5)nc43)c2cc1OCCCCC. The molecule has 0 aliphatic heterocycles. The van der Waals surface area contributed by atoms with E-state index in [1.807, 2.05) is 30.3 Å². The molecule has 5 aromatic carbocycles. The van der Waals surface area contributed by atoms with Crippen LogP contribution in [-0.2, 0) is 0 Å². The number of unbranched alkanes of at least 4 members (excludes halogenated alkanes) is 10. The van der Waals surface area contributed by atoms with Crippen LogP contribution in [0.5, 0.6) is 28.7 Å². The van der Waals surface area contributed by atoms with Gasteiger partial charge in [0, 0.05) is 10.9 Å². The third-order valence-corrected chi connectivity index (χ3v) is 10.7. The summed E-state index contributed by atoms with van der Waals surface area (Å²) in [5, 5.41) is 6.18. The van der Waals surface area contributed by atoms with Crippen molar-refractivity contribution < 1.29 is 28.1 Å². The molecule has 0 radical (unpaired) electrons. The van der Waals surface area contributed by atoms with E-state index >= 15 is 0 Å². The standard InChI is InChI=1S/C50H65NO6/c1-6-11-19-26-52-42-31-37-38-32-44(54-28-21-13-8-3)45(55-29-22-14-9-4)34-40(38)47-41(39(37)33-43(42)53-27-20-12-7-2)35-46(56-30-23-15-10-5)49-48(47)51-50(57-49)36-24-17-16-18-25-36/h16-18,24-25,31-35H,6-15,19-23,26-30H2,1-5H3. The van der Waals surface area contributed by atoms with Crippen molar-refractivity contribution >= 4 is 43.4 Å². The Kier molecular flexibility index (Phi) is 16.0. The molecule has 57 heavy (non-hydrogen) atoms. The molecule has 1 aromatic heterocycles. The Balaban J connectivity index is 1.66. The Bertz CT molecular complexity index is 2110. The monoisotopic (exact) mass is 775 g/mol. The Morgan fingerprint density at radius 2 is 0.772 bits per heavy atom. The van der Waals surface area contributed by atoms with Crippen LogP contribution in [0.15, 0.2) is 65.1 Å². The second-order valence-corrected chi connectivity index (χ2v) is 15.3. The lowest BCUT2D eigenvalue weighted by atomic mass is 9.92. The van der Waals surface area contributed by atoms with Gasteiger partial charge in [0.25, 0.3) is 0 Å². The molecule has 1 heterocycles. The van der Waals surface area contributed by atoms with Crippen molar-refractivity contribution in [2.45, 2.75) is 131 Å². The fourth-order valence-corrected chi connectivity index (χ4v) is 7.47. The van der Waals surface area contributed by atoms with Crippen LogP contribution in [0.4, 0.5) is 0 Å². The van der Waals surface area contributed by atoms with Gasteiger partial charge in [-0.25, -0.2) is 4.98 Å². The van der Waals surface area contributed by atoms with Gasteiger partial charge in [-0.1, -0.05) is 117 Å². The van der Waals surface area contributed by atoms with E-state index in [2.05, 4.69) is 65.0 Å². The van der Waals surface area contributed by atoms with E-state index in [9.17, 15) is 0 Å². The topological polar surface area (TPSA) is 72.2 Å². The quantitative estimate of drug-likeness (QED) is 0.0401. The maximum Gasteiger partial charge on any atom is 0.227 e. The predicted molar refractivity (Wildman–Crippen MR) is 237 cm³/mol. The van der Waals surface area contributed by atoms with Crippen LogP contribution in [0, 0.1) is 0 Å². The number of fused-ring (bicyclic) bond motifs is 8. The summed E-state index contributed by atoms with van der Waals surface area (Å²) in [4.78, 5) is 5.28. The average Bonchev–Trinajstić information content (AvgIpc) is 3.69. The molecule has 306 valence electrons. The zero-order chi connectivity index (χ0) is 39.8. The van der Waals surface area contributed by atoms with Crippen molar-refractivity contribution in [1.29, 1.82) is 0 Å². The van der Waals surface area contributed by atoms with Crippen LogP contribution in [0.1, 0.15) is 131 Å². The second-order valence-electron chi connectivity index (χ2n) is 15.3. The Morgan fingerprint density at radius 3 is 1.18 bits per heavy atom. The Morgan fingerprint density at radius 1 is 0.421 bits per heavy atom. The fourth-order valence-electron chi connectivity index (χ4n) is 7.47. The minimum absolute atomic E-state index is 0.562. The average molecular weight is 776 g/mol. The smallest absolute Gasteiger partial charge is 0.227 e. The molecular formula is C50H65NO6. The molecule has 0 saturated carbocycles. The van der Waals surface area contributed by atoms with E-state index in [-0.39, 0.29) is 0 Å². The highest BCUT2D eigenvalue weighted by atomic mass is 16.5. The first-order valence-corrected chi connectivity index (χ1v) is 22.2. The fraction of sp³-hybridized carbons (Fsp3) is 0.500. The molecule has 0 saturated heterocycles. The first-order valence-electron chi connectivity index (χ1n) is 22.2. The number of aromatic nitrogens is 1. The zero-order valence-electron chi connectivity index (χ0n) is 35.3. The van der Waals surface area contributed by atoms with Gasteiger partial charge in [0.05, 0.1) is 33.0 Å². The molecule has 0 fully saturated rings. The normalized spacial score (nSPS) is 11.6. The Hall–Kier alpha value is -4.65. The van der Waals surface area contributed by atoms with E-state index in [0.717, 1.165) is 163 Å². The Labute approximate surface area is 340 Å². The number of nitrogens with zero attached hydrogens (tertiary/aromatic N) is 1. The molecule has 7 heteroatoms. The molecule has 0 N–H and O–H groups in total. The molecule has 0 aliphatic carbocycles. The van der Waals surface area contributed by atoms with Gasteiger partial charge >= 0.3 is 0 Å². The summed E-state index contributed by atoms with van der Waals surface area (Å²) in [7, 11) is 0. The molecule has 7 nitrogen and oxygen atoms in total. The van der Waals surface area contributed by atoms with Crippen molar-refractivity contribution in [2.24, 2.45) is 0 Å².